The standard InChI is InChI=1S/C23H26N4O/c1-2-19-7-3-5-15-26(19)22(28)14-13-20-21-8-4-6-16-27(21)25-23(20)17-9-11-18(24)12-10-17/h4,6,8-14,16,19H,2-3,5,7,15,24H2,1H3/b14-13+. The molecule has 5 nitrogen and oxygen atoms in total. The zero-order chi connectivity index (χ0) is 19.5. The van der Waals surface area contributed by atoms with Gasteiger partial charge in [-0.25, -0.2) is 4.52 Å². The number of amides is 1. The van der Waals surface area contributed by atoms with E-state index < -0.39 is 0 Å². The number of hydrogen-bond acceptors (Lipinski definition) is 3. The first kappa shape index (κ1) is 18.3. The van der Waals surface area contributed by atoms with E-state index in [0.29, 0.717) is 6.04 Å². The van der Waals surface area contributed by atoms with Crippen LogP contribution in [0.4, 0.5) is 5.69 Å². The molecule has 3 heterocycles. The van der Waals surface area contributed by atoms with Crippen molar-refractivity contribution in [2.75, 3.05) is 12.3 Å². The molecular weight excluding hydrogens is 348 g/mol. The molecular formula is C23H26N4O. The van der Waals surface area contributed by atoms with Gasteiger partial charge in [0.25, 0.3) is 0 Å². The number of nitrogens with zero attached hydrogens (tertiary/aromatic N) is 3. The third kappa shape index (κ3) is 3.52. The van der Waals surface area contributed by atoms with Crippen molar-refractivity contribution in [2.24, 2.45) is 0 Å². The number of aromatic nitrogens is 2. The monoisotopic (exact) mass is 374 g/mol. The van der Waals surface area contributed by atoms with E-state index in [9.17, 15) is 4.79 Å². The predicted octanol–water partition coefficient (Wildman–Crippen LogP) is 4.39. The minimum Gasteiger partial charge on any atom is -0.399 e. The second kappa shape index (κ2) is 7.89. The summed E-state index contributed by atoms with van der Waals surface area (Å²) < 4.78 is 1.85. The smallest absolute Gasteiger partial charge is 0.246 e. The second-order valence-corrected chi connectivity index (χ2v) is 7.34. The maximum atomic E-state index is 12.9. The molecule has 1 atom stereocenters. The molecule has 1 aliphatic rings. The van der Waals surface area contributed by atoms with Crippen LogP contribution in [0.15, 0.2) is 54.7 Å². The minimum atomic E-state index is 0.0880. The lowest BCUT2D eigenvalue weighted by molar-refractivity contribution is -0.129. The zero-order valence-corrected chi connectivity index (χ0v) is 16.2. The SMILES string of the molecule is CCC1CCCCN1C(=O)/C=C/c1c(-c2ccc(N)cc2)nn2ccccc12. The molecule has 2 aromatic heterocycles. The Morgan fingerprint density at radius 3 is 2.82 bits per heavy atom. The van der Waals surface area contributed by atoms with Crippen molar-refractivity contribution in [3.05, 3.63) is 60.3 Å². The van der Waals surface area contributed by atoms with E-state index in [-0.39, 0.29) is 5.91 Å². The Morgan fingerprint density at radius 1 is 1.21 bits per heavy atom. The summed E-state index contributed by atoms with van der Waals surface area (Å²) in [6, 6.07) is 14.0. The first-order chi connectivity index (χ1) is 13.7. The lowest BCUT2D eigenvalue weighted by Gasteiger charge is -2.34. The normalized spacial score (nSPS) is 17.5. The molecule has 4 rings (SSSR count). The molecule has 144 valence electrons. The Balaban J connectivity index is 1.71. The van der Waals surface area contributed by atoms with Crippen LogP contribution in [0.3, 0.4) is 0 Å². The summed E-state index contributed by atoms with van der Waals surface area (Å²) >= 11 is 0. The number of carbonyl (C=O) groups excluding carboxylic acids is 1. The fourth-order valence-corrected chi connectivity index (χ4v) is 4.00. The van der Waals surface area contributed by atoms with E-state index in [4.69, 9.17) is 10.8 Å². The highest BCUT2D eigenvalue weighted by molar-refractivity contribution is 5.95. The second-order valence-electron chi connectivity index (χ2n) is 7.34. The molecule has 2 N–H and O–H groups in total. The van der Waals surface area contributed by atoms with Crippen LogP contribution in [-0.4, -0.2) is 33.0 Å². The van der Waals surface area contributed by atoms with E-state index in [0.717, 1.165) is 53.8 Å². The van der Waals surface area contributed by atoms with Gasteiger partial charge in [0.1, 0.15) is 5.69 Å². The van der Waals surface area contributed by atoms with Gasteiger partial charge in [-0.15, -0.1) is 0 Å². The molecule has 28 heavy (non-hydrogen) atoms. The molecule has 1 amide bonds. The highest BCUT2D eigenvalue weighted by Crippen LogP contribution is 2.28. The van der Waals surface area contributed by atoms with Gasteiger partial charge in [0.05, 0.1) is 5.52 Å². The quantitative estimate of drug-likeness (QED) is 0.544. The topological polar surface area (TPSA) is 63.6 Å². The van der Waals surface area contributed by atoms with Crippen LogP contribution < -0.4 is 5.73 Å². The Morgan fingerprint density at radius 2 is 2.04 bits per heavy atom. The van der Waals surface area contributed by atoms with Crippen molar-refractivity contribution >= 4 is 23.2 Å². The van der Waals surface area contributed by atoms with Crippen LogP contribution in [0.25, 0.3) is 22.9 Å². The van der Waals surface area contributed by atoms with E-state index in [1.54, 1.807) is 6.08 Å². The van der Waals surface area contributed by atoms with Crippen molar-refractivity contribution in [3.8, 4) is 11.3 Å². The molecule has 0 radical (unpaired) electrons. The summed E-state index contributed by atoms with van der Waals surface area (Å²) in [6.45, 7) is 3.01. The van der Waals surface area contributed by atoms with Crippen LogP contribution in [0, 0.1) is 0 Å². The number of fused-ring (bicyclic) bond motifs is 1. The maximum absolute atomic E-state index is 12.9. The van der Waals surface area contributed by atoms with Crippen molar-refractivity contribution < 1.29 is 4.79 Å². The average Bonchev–Trinajstić information content (AvgIpc) is 3.11. The lowest BCUT2D eigenvalue weighted by Crippen LogP contribution is -2.42. The number of nitrogens with two attached hydrogens (primary N) is 1. The number of benzene rings is 1. The van der Waals surface area contributed by atoms with E-state index >= 15 is 0 Å². The molecule has 0 spiro atoms. The summed E-state index contributed by atoms with van der Waals surface area (Å²) in [5, 5.41) is 4.73. The van der Waals surface area contributed by atoms with Gasteiger partial charge in [0, 0.05) is 41.7 Å². The largest absolute Gasteiger partial charge is 0.399 e. The average molecular weight is 374 g/mol. The van der Waals surface area contributed by atoms with Crippen molar-refractivity contribution in [2.45, 2.75) is 38.6 Å². The summed E-state index contributed by atoms with van der Waals surface area (Å²) in [7, 11) is 0. The van der Waals surface area contributed by atoms with Crippen LogP contribution in [0.2, 0.25) is 0 Å². The highest BCUT2D eigenvalue weighted by atomic mass is 16.2. The number of nitrogen functional groups attached to an aromatic ring is 1. The first-order valence-electron chi connectivity index (χ1n) is 9.99. The Labute approximate surface area is 165 Å². The number of pyridine rings is 1. The van der Waals surface area contributed by atoms with Crippen molar-refractivity contribution in [1.82, 2.24) is 14.5 Å². The number of likely N-dealkylation sites (tertiary alicyclic amines) is 1. The number of rotatable bonds is 4. The summed E-state index contributed by atoms with van der Waals surface area (Å²) in [5.74, 6) is 0.0880. The first-order valence-corrected chi connectivity index (χ1v) is 9.99. The number of piperidine rings is 1. The third-order valence-corrected chi connectivity index (χ3v) is 5.54. The fourth-order valence-electron chi connectivity index (χ4n) is 4.00. The third-order valence-electron chi connectivity index (χ3n) is 5.54. The molecule has 1 aromatic carbocycles. The van der Waals surface area contributed by atoms with Crippen molar-refractivity contribution in [3.63, 3.8) is 0 Å². The molecule has 0 saturated carbocycles. The van der Waals surface area contributed by atoms with Gasteiger partial charge < -0.3 is 10.6 Å². The van der Waals surface area contributed by atoms with Gasteiger partial charge in [0.15, 0.2) is 0 Å². The summed E-state index contributed by atoms with van der Waals surface area (Å²) in [6.07, 6.45) is 9.95. The Kier molecular flexibility index (Phi) is 5.15. The molecule has 1 fully saturated rings. The van der Waals surface area contributed by atoms with Gasteiger partial charge in [0.2, 0.25) is 5.91 Å². The number of hydrogen-bond donors (Lipinski definition) is 1. The van der Waals surface area contributed by atoms with E-state index in [2.05, 4.69) is 6.92 Å². The molecule has 0 aliphatic carbocycles. The minimum absolute atomic E-state index is 0.0880. The summed E-state index contributed by atoms with van der Waals surface area (Å²) in [5.41, 5.74) is 10.3. The molecule has 0 bridgehead atoms. The van der Waals surface area contributed by atoms with Crippen LogP contribution in [-0.2, 0) is 4.79 Å². The fraction of sp³-hybridized carbons (Fsp3) is 0.304. The molecule has 1 unspecified atom stereocenters. The maximum Gasteiger partial charge on any atom is 0.246 e. The summed E-state index contributed by atoms with van der Waals surface area (Å²) in [4.78, 5) is 14.9. The van der Waals surface area contributed by atoms with Gasteiger partial charge in [-0.1, -0.05) is 25.1 Å². The molecule has 1 aliphatic heterocycles. The molecule has 5 heteroatoms. The van der Waals surface area contributed by atoms with Crippen LogP contribution in [0.1, 0.15) is 38.2 Å². The van der Waals surface area contributed by atoms with Gasteiger partial charge in [-0.2, -0.15) is 5.10 Å². The van der Waals surface area contributed by atoms with Crippen LogP contribution in [0.5, 0.6) is 0 Å². The van der Waals surface area contributed by atoms with Crippen molar-refractivity contribution in [1.29, 1.82) is 0 Å². The predicted molar refractivity (Wildman–Crippen MR) is 114 cm³/mol. The van der Waals surface area contributed by atoms with Crippen LogP contribution >= 0.6 is 0 Å². The Hall–Kier alpha value is -3.08. The highest BCUT2D eigenvalue weighted by Gasteiger charge is 2.24. The zero-order valence-electron chi connectivity index (χ0n) is 16.2. The molecule has 3 aromatic rings. The van der Waals surface area contributed by atoms with Gasteiger partial charge in [-0.05, 0) is 56.0 Å². The van der Waals surface area contributed by atoms with Gasteiger partial charge in [-0.3, -0.25) is 4.79 Å². The number of carbonyl (C=O) groups is 1. The van der Waals surface area contributed by atoms with Gasteiger partial charge >= 0.3 is 0 Å². The number of anilines is 1. The molecule has 1 saturated heterocycles. The van der Waals surface area contributed by atoms with E-state index in [1.807, 2.05) is 64.2 Å². The lowest BCUT2D eigenvalue weighted by atomic mass is 9.99. The Bertz CT molecular complexity index is 1000. The van der Waals surface area contributed by atoms with E-state index in [1.165, 1.54) is 6.42 Å².